The fourth-order valence-corrected chi connectivity index (χ4v) is 2.78. The van der Waals surface area contributed by atoms with E-state index in [0.29, 0.717) is 28.6 Å². The van der Waals surface area contributed by atoms with Crippen LogP contribution in [0.25, 0.3) is 0 Å². The summed E-state index contributed by atoms with van der Waals surface area (Å²) in [6, 6.07) is 0. The van der Waals surface area contributed by atoms with E-state index < -0.39 is 18.4 Å². The SMILES string of the molecule is CCNC(=NCc1nccn1C(F)F)NCCc1nc(C(F)(F)F)cs1. The molecule has 0 aliphatic carbocycles. The second-order valence-electron chi connectivity index (χ2n) is 5.02. The fraction of sp³-hybridized carbons (Fsp3) is 0.500. The highest BCUT2D eigenvalue weighted by molar-refractivity contribution is 7.09. The van der Waals surface area contributed by atoms with Gasteiger partial charge in [-0.25, -0.2) is 15.0 Å². The summed E-state index contributed by atoms with van der Waals surface area (Å²) in [5.74, 6) is 0.455. The lowest BCUT2D eigenvalue weighted by Crippen LogP contribution is -2.38. The van der Waals surface area contributed by atoms with Gasteiger partial charge in [-0.05, 0) is 6.92 Å². The molecule has 12 heteroatoms. The smallest absolute Gasteiger partial charge is 0.357 e. The van der Waals surface area contributed by atoms with Gasteiger partial charge in [0.1, 0.15) is 12.4 Å². The van der Waals surface area contributed by atoms with Crippen LogP contribution < -0.4 is 10.6 Å². The van der Waals surface area contributed by atoms with E-state index in [1.807, 2.05) is 6.92 Å². The maximum absolute atomic E-state index is 12.8. The van der Waals surface area contributed by atoms with Gasteiger partial charge in [-0.1, -0.05) is 0 Å². The topological polar surface area (TPSA) is 67.1 Å². The van der Waals surface area contributed by atoms with E-state index in [4.69, 9.17) is 0 Å². The molecule has 0 radical (unpaired) electrons. The molecule has 2 aromatic heterocycles. The minimum atomic E-state index is -4.45. The zero-order valence-corrected chi connectivity index (χ0v) is 14.5. The Kier molecular flexibility index (Phi) is 6.89. The molecule has 26 heavy (non-hydrogen) atoms. The largest absolute Gasteiger partial charge is 0.434 e. The van der Waals surface area contributed by atoms with E-state index in [1.54, 1.807) is 0 Å². The molecule has 0 aliphatic rings. The van der Waals surface area contributed by atoms with E-state index in [1.165, 1.54) is 6.20 Å². The minimum Gasteiger partial charge on any atom is -0.357 e. The van der Waals surface area contributed by atoms with E-state index >= 15 is 0 Å². The molecule has 0 amide bonds. The van der Waals surface area contributed by atoms with Crippen LogP contribution in [0.2, 0.25) is 0 Å². The number of alkyl halides is 5. The van der Waals surface area contributed by atoms with E-state index in [2.05, 4.69) is 25.6 Å². The highest BCUT2D eigenvalue weighted by atomic mass is 32.1. The van der Waals surface area contributed by atoms with E-state index in [9.17, 15) is 22.0 Å². The predicted molar refractivity (Wildman–Crippen MR) is 87.1 cm³/mol. The molecule has 0 saturated heterocycles. The van der Waals surface area contributed by atoms with Crippen LogP contribution in [-0.2, 0) is 19.1 Å². The number of aromatic nitrogens is 3. The number of aliphatic imine (C=N–C) groups is 1. The zero-order valence-electron chi connectivity index (χ0n) is 13.7. The summed E-state index contributed by atoms with van der Waals surface area (Å²) in [4.78, 5) is 11.5. The molecular formula is C14H17F5N6S. The molecule has 0 atom stereocenters. The van der Waals surface area contributed by atoms with Gasteiger partial charge in [-0.2, -0.15) is 22.0 Å². The van der Waals surface area contributed by atoms with Gasteiger partial charge in [0.25, 0.3) is 0 Å². The summed E-state index contributed by atoms with van der Waals surface area (Å²) < 4.78 is 63.8. The monoisotopic (exact) mass is 396 g/mol. The summed E-state index contributed by atoms with van der Waals surface area (Å²) in [5, 5.41) is 7.17. The number of hydrogen-bond donors (Lipinski definition) is 2. The quantitative estimate of drug-likeness (QED) is 0.429. The first-order valence-corrected chi connectivity index (χ1v) is 8.53. The third kappa shape index (κ3) is 5.64. The number of rotatable bonds is 7. The molecule has 2 rings (SSSR count). The van der Waals surface area contributed by atoms with Gasteiger partial charge in [0.05, 0.1) is 5.01 Å². The van der Waals surface area contributed by atoms with E-state index in [0.717, 1.165) is 22.9 Å². The molecular weight excluding hydrogens is 379 g/mol. The number of nitrogens with one attached hydrogen (secondary N) is 2. The number of guanidine groups is 1. The van der Waals surface area contributed by atoms with Crippen molar-refractivity contribution in [1.82, 2.24) is 25.2 Å². The Morgan fingerprint density at radius 3 is 2.73 bits per heavy atom. The minimum absolute atomic E-state index is 0.0673. The predicted octanol–water partition coefficient (Wildman–Crippen LogP) is 3.05. The van der Waals surface area contributed by atoms with Crippen molar-refractivity contribution in [3.05, 3.63) is 34.3 Å². The molecule has 0 fully saturated rings. The van der Waals surface area contributed by atoms with Crippen molar-refractivity contribution in [1.29, 1.82) is 0 Å². The van der Waals surface area contributed by atoms with Crippen LogP contribution in [0.15, 0.2) is 22.8 Å². The molecule has 0 aliphatic heterocycles. The molecule has 0 saturated carbocycles. The summed E-state index contributed by atoms with van der Waals surface area (Å²) in [6.07, 6.45) is -1.75. The molecule has 144 valence electrons. The highest BCUT2D eigenvalue weighted by Crippen LogP contribution is 2.29. The number of imidazole rings is 1. The Balaban J connectivity index is 1.91. The second-order valence-corrected chi connectivity index (χ2v) is 5.97. The van der Waals surface area contributed by atoms with Crippen LogP contribution >= 0.6 is 11.3 Å². The molecule has 0 bridgehead atoms. The van der Waals surface area contributed by atoms with E-state index in [-0.39, 0.29) is 18.8 Å². The third-order valence-electron chi connectivity index (χ3n) is 3.16. The van der Waals surface area contributed by atoms with Crippen LogP contribution in [0.4, 0.5) is 22.0 Å². The Morgan fingerprint density at radius 1 is 1.35 bits per heavy atom. The van der Waals surface area contributed by atoms with Crippen LogP contribution in [0.1, 0.15) is 30.0 Å². The third-order valence-corrected chi connectivity index (χ3v) is 4.06. The average molecular weight is 396 g/mol. The van der Waals surface area contributed by atoms with Crippen molar-refractivity contribution in [3.63, 3.8) is 0 Å². The second kappa shape index (κ2) is 8.92. The first-order chi connectivity index (χ1) is 12.3. The summed E-state index contributed by atoms with van der Waals surface area (Å²) >= 11 is 0.930. The van der Waals surface area contributed by atoms with Gasteiger partial charge >= 0.3 is 12.7 Å². The van der Waals surface area contributed by atoms with Crippen molar-refractivity contribution in [2.24, 2.45) is 4.99 Å². The Morgan fingerprint density at radius 2 is 2.12 bits per heavy atom. The lowest BCUT2D eigenvalue weighted by Gasteiger charge is -2.11. The Labute approximate surface area is 150 Å². The van der Waals surface area contributed by atoms with Crippen molar-refractivity contribution >= 4 is 17.3 Å². The fourth-order valence-electron chi connectivity index (χ4n) is 1.98. The summed E-state index contributed by atoms with van der Waals surface area (Å²) in [7, 11) is 0. The van der Waals surface area contributed by atoms with Crippen LogP contribution in [0.3, 0.4) is 0 Å². The number of halogens is 5. The lowest BCUT2D eigenvalue weighted by atomic mass is 10.4. The number of nitrogens with zero attached hydrogens (tertiary/aromatic N) is 4. The van der Waals surface area contributed by atoms with Crippen molar-refractivity contribution < 1.29 is 22.0 Å². The van der Waals surface area contributed by atoms with Crippen molar-refractivity contribution in [3.8, 4) is 0 Å². The van der Waals surface area contributed by atoms with Crippen LogP contribution in [-0.4, -0.2) is 33.6 Å². The zero-order chi connectivity index (χ0) is 19.2. The van der Waals surface area contributed by atoms with Gasteiger partial charge in [0, 0.05) is 37.3 Å². The molecule has 0 aromatic carbocycles. The first kappa shape index (κ1) is 20.1. The van der Waals surface area contributed by atoms with Crippen molar-refractivity contribution in [2.75, 3.05) is 13.1 Å². The molecule has 2 N–H and O–H groups in total. The Hall–Kier alpha value is -2.24. The molecule has 0 spiro atoms. The first-order valence-electron chi connectivity index (χ1n) is 7.65. The normalized spacial score (nSPS) is 12.7. The molecule has 0 unspecified atom stereocenters. The summed E-state index contributed by atoms with van der Waals surface area (Å²) in [5.41, 5.74) is -0.906. The highest BCUT2D eigenvalue weighted by Gasteiger charge is 2.33. The maximum atomic E-state index is 12.8. The van der Waals surface area contributed by atoms with Gasteiger partial charge in [0.2, 0.25) is 0 Å². The standard InChI is InChI=1S/C14H17F5N6S/c1-2-20-13(23-7-10-21-5-6-25(10)12(15)16)22-4-3-11-24-9(8-26-11)14(17,18)19/h5-6,8,12H,2-4,7H2,1H3,(H2,20,22,23). The lowest BCUT2D eigenvalue weighted by molar-refractivity contribution is -0.140. The van der Waals surface area contributed by atoms with Gasteiger partial charge in [-0.15, -0.1) is 11.3 Å². The molecule has 2 heterocycles. The van der Waals surface area contributed by atoms with Crippen molar-refractivity contribution in [2.45, 2.75) is 32.6 Å². The number of hydrogen-bond acceptors (Lipinski definition) is 4. The van der Waals surface area contributed by atoms with Crippen LogP contribution in [0.5, 0.6) is 0 Å². The summed E-state index contributed by atoms with van der Waals surface area (Å²) in [6.45, 7) is -0.119. The van der Waals surface area contributed by atoms with Gasteiger partial charge in [-0.3, -0.25) is 4.57 Å². The Bertz CT molecular complexity index is 723. The molecule has 6 nitrogen and oxygen atoms in total. The average Bonchev–Trinajstić information content (AvgIpc) is 3.21. The van der Waals surface area contributed by atoms with Gasteiger partial charge < -0.3 is 10.6 Å². The number of thiazole rings is 1. The van der Waals surface area contributed by atoms with Gasteiger partial charge in [0.15, 0.2) is 11.7 Å². The van der Waals surface area contributed by atoms with Crippen LogP contribution in [0, 0.1) is 0 Å². The molecule has 2 aromatic rings. The maximum Gasteiger partial charge on any atom is 0.434 e.